The molecule has 1 aliphatic heterocycles. The molecule has 2 fully saturated rings. The minimum atomic E-state index is -3.61. The van der Waals surface area contributed by atoms with Crippen molar-refractivity contribution in [1.82, 2.24) is 14.1 Å². The summed E-state index contributed by atoms with van der Waals surface area (Å²) in [5.74, 6) is 0. The summed E-state index contributed by atoms with van der Waals surface area (Å²) in [6, 6.07) is -0.309. The second-order valence-electron chi connectivity index (χ2n) is 6.11. The summed E-state index contributed by atoms with van der Waals surface area (Å²) in [7, 11) is -1.98. The molecular formula is C14H23N3O4S. The molecule has 3 rings (SSSR count). The monoisotopic (exact) mass is 329 g/mol. The average Bonchev–Trinajstić information content (AvgIpc) is 3.12. The predicted molar refractivity (Wildman–Crippen MR) is 79.8 cm³/mol. The number of aryl methyl sites for hydroxylation is 1. The number of aromatic nitrogens is 2. The predicted octanol–water partition coefficient (Wildman–Crippen LogP) is 0.596. The highest BCUT2D eigenvalue weighted by atomic mass is 32.2. The van der Waals surface area contributed by atoms with Crippen molar-refractivity contribution in [3.8, 4) is 0 Å². The molecular weight excluding hydrogens is 306 g/mol. The van der Waals surface area contributed by atoms with Crippen LogP contribution in [0.5, 0.6) is 0 Å². The van der Waals surface area contributed by atoms with E-state index in [1.807, 2.05) is 6.92 Å². The smallest absolute Gasteiger partial charge is 0.246 e. The van der Waals surface area contributed by atoms with Gasteiger partial charge in [-0.05, 0) is 32.6 Å². The van der Waals surface area contributed by atoms with E-state index in [4.69, 9.17) is 4.74 Å². The highest BCUT2D eigenvalue weighted by molar-refractivity contribution is 7.89. The summed E-state index contributed by atoms with van der Waals surface area (Å²) in [4.78, 5) is 0.210. The van der Waals surface area contributed by atoms with E-state index in [2.05, 4.69) is 5.10 Å². The summed E-state index contributed by atoms with van der Waals surface area (Å²) in [5, 5.41) is 14.0. The molecule has 0 unspecified atom stereocenters. The van der Waals surface area contributed by atoms with Crippen molar-refractivity contribution in [3.05, 3.63) is 12.4 Å². The van der Waals surface area contributed by atoms with Gasteiger partial charge in [0.2, 0.25) is 10.0 Å². The Hall–Kier alpha value is -0.960. The summed E-state index contributed by atoms with van der Waals surface area (Å²) < 4.78 is 34.6. The summed E-state index contributed by atoms with van der Waals surface area (Å²) in [6.07, 6.45) is 4.92. The zero-order valence-corrected chi connectivity index (χ0v) is 13.8. The molecule has 22 heavy (non-hydrogen) atoms. The lowest BCUT2D eigenvalue weighted by Crippen LogP contribution is -2.52. The van der Waals surface area contributed by atoms with E-state index in [-0.39, 0.29) is 10.9 Å². The highest BCUT2D eigenvalue weighted by Crippen LogP contribution is 2.44. The van der Waals surface area contributed by atoms with E-state index in [9.17, 15) is 13.5 Å². The number of hydrogen-bond acceptors (Lipinski definition) is 5. The van der Waals surface area contributed by atoms with E-state index >= 15 is 0 Å². The molecule has 2 aliphatic rings. The Balaban J connectivity index is 1.93. The third-order valence-electron chi connectivity index (χ3n) is 5.05. The van der Waals surface area contributed by atoms with Crippen molar-refractivity contribution in [2.45, 2.75) is 61.8 Å². The fourth-order valence-electron chi connectivity index (χ4n) is 3.71. The third kappa shape index (κ3) is 2.38. The van der Waals surface area contributed by atoms with E-state index in [1.54, 1.807) is 18.0 Å². The highest BCUT2D eigenvalue weighted by Gasteiger charge is 2.54. The first-order valence-corrected chi connectivity index (χ1v) is 9.14. The Labute approximate surface area is 130 Å². The summed E-state index contributed by atoms with van der Waals surface area (Å²) in [6.45, 7) is 2.96. The molecule has 1 aromatic rings. The van der Waals surface area contributed by atoms with Gasteiger partial charge in [-0.2, -0.15) is 9.40 Å². The van der Waals surface area contributed by atoms with Crippen molar-refractivity contribution in [3.63, 3.8) is 0 Å². The number of sulfonamides is 1. The number of aliphatic hydroxyl groups excluding tert-OH is 1. The van der Waals surface area contributed by atoms with Crippen LogP contribution in [0.25, 0.3) is 0 Å². The number of rotatable bonds is 4. The number of methoxy groups -OCH3 is 1. The van der Waals surface area contributed by atoms with Crippen LogP contribution in [-0.2, 0) is 21.3 Å². The van der Waals surface area contributed by atoms with Crippen molar-refractivity contribution < 1.29 is 18.3 Å². The van der Waals surface area contributed by atoms with Crippen LogP contribution >= 0.6 is 0 Å². The molecule has 7 nitrogen and oxygen atoms in total. The lowest BCUT2D eigenvalue weighted by molar-refractivity contribution is -0.0775. The zero-order valence-electron chi connectivity index (χ0n) is 13.0. The van der Waals surface area contributed by atoms with Gasteiger partial charge in [-0.3, -0.25) is 4.68 Å². The van der Waals surface area contributed by atoms with Crippen molar-refractivity contribution >= 4 is 10.0 Å². The second kappa shape index (κ2) is 5.59. The van der Waals surface area contributed by atoms with Crippen LogP contribution in [0.2, 0.25) is 0 Å². The molecule has 0 amide bonds. The Kier molecular flexibility index (Phi) is 4.05. The number of fused-ring (bicyclic) bond motifs is 1. The molecule has 1 aliphatic carbocycles. The molecule has 1 aromatic heterocycles. The average molecular weight is 329 g/mol. The van der Waals surface area contributed by atoms with Crippen molar-refractivity contribution in [2.75, 3.05) is 13.7 Å². The normalized spacial score (nSPS) is 33.0. The number of hydrogen-bond donors (Lipinski definition) is 1. The first-order chi connectivity index (χ1) is 10.4. The first kappa shape index (κ1) is 15.9. The van der Waals surface area contributed by atoms with Gasteiger partial charge in [-0.15, -0.1) is 0 Å². The summed E-state index contributed by atoms with van der Waals surface area (Å²) in [5.41, 5.74) is -0.465. The molecule has 1 saturated carbocycles. The maximum absolute atomic E-state index is 12.9. The standard InChI is InChI=1S/C14H23N3O4S/c1-3-16-10-12(9-15-16)22(19,20)17-7-6-14(21-2)5-4-11(18)8-13(14)17/h9-11,13,18H,3-8H2,1-2H3/t11-,13-,14+/m0/s1. The van der Waals surface area contributed by atoms with Gasteiger partial charge >= 0.3 is 0 Å². The SMILES string of the molecule is CCn1cc(S(=O)(=O)N2CC[C@]3(OC)CC[C@H](O)C[C@H]23)cn1. The number of ether oxygens (including phenoxy) is 1. The van der Waals surface area contributed by atoms with Gasteiger partial charge in [-0.1, -0.05) is 0 Å². The molecule has 3 atom stereocenters. The summed E-state index contributed by atoms with van der Waals surface area (Å²) >= 11 is 0. The molecule has 0 aromatic carbocycles. The zero-order chi connectivity index (χ0) is 16.0. The Morgan fingerprint density at radius 3 is 2.91 bits per heavy atom. The van der Waals surface area contributed by atoms with Crippen molar-refractivity contribution in [2.24, 2.45) is 0 Å². The Morgan fingerprint density at radius 2 is 2.27 bits per heavy atom. The van der Waals surface area contributed by atoms with Crippen molar-refractivity contribution in [1.29, 1.82) is 0 Å². The lowest BCUT2D eigenvalue weighted by atomic mass is 9.79. The van der Waals surface area contributed by atoms with E-state index < -0.39 is 21.7 Å². The van der Waals surface area contributed by atoms with Crippen LogP contribution < -0.4 is 0 Å². The largest absolute Gasteiger partial charge is 0.393 e. The molecule has 0 spiro atoms. The Bertz CT molecular complexity index is 644. The topological polar surface area (TPSA) is 84.7 Å². The van der Waals surface area contributed by atoms with E-state index in [0.29, 0.717) is 38.8 Å². The maximum Gasteiger partial charge on any atom is 0.246 e. The molecule has 2 heterocycles. The Morgan fingerprint density at radius 1 is 1.50 bits per heavy atom. The first-order valence-electron chi connectivity index (χ1n) is 7.70. The maximum atomic E-state index is 12.9. The quantitative estimate of drug-likeness (QED) is 0.874. The van der Waals surface area contributed by atoms with Gasteiger partial charge in [0.1, 0.15) is 4.90 Å². The van der Waals surface area contributed by atoms with Crippen LogP contribution in [0.4, 0.5) is 0 Å². The third-order valence-corrected chi connectivity index (χ3v) is 6.91. The molecule has 1 saturated heterocycles. The van der Waals surface area contributed by atoms with E-state index in [1.165, 1.54) is 10.5 Å². The fraction of sp³-hybridized carbons (Fsp3) is 0.786. The van der Waals surface area contributed by atoms with Gasteiger partial charge in [0, 0.05) is 26.4 Å². The van der Waals surface area contributed by atoms with Gasteiger partial charge < -0.3 is 9.84 Å². The molecule has 1 N–H and O–H groups in total. The van der Waals surface area contributed by atoms with Crippen LogP contribution in [0.15, 0.2) is 17.3 Å². The molecule has 0 radical (unpaired) electrons. The lowest BCUT2D eigenvalue weighted by Gasteiger charge is -2.41. The molecule has 0 bridgehead atoms. The number of aliphatic hydroxyl groups is 1. The van der Waals surface area contributed by atoms with Crippen LogP contribution in [0.1, 0.15) is 32.6 Å². The van der Waals surface area contributed by atoms with Gasteiger partial charge in [0.15, 0.2) is 0 Å². The van der Waals surface area contributed by atoms with Gasteiger partial charge in [0.25, 0.3) is 0 Å². The van der Waals surface area contributed by atoms with Crippen LogP contribution in [-0.4, -0.2) is 59.0 Å². The van der Waals surface area contributed by atoms with Gasteiger partial charge in [0.05, 0.1) is 23.9 Å². The van der Waals surface area contributed by atoms with E-state index in [0.717, 1.165) is 0 Å². The van der Waals surface area contributed by atoms with Gasteiger partial charge in [-0.25, -0.2) is 8.42 Å². The molecule has 8 heteroatoms. The molecule has 124 valence electrons. The van der Waals surface area contributed by atoms with Crippen LogP contribution in [0, 0.1) is 0 Å². The fourth-order valence-corrected chi connectivity index (χ4v) is 5.36. The van der Waals surface area contributed by atoms with Crippen LogP contribution in [0.3, 0.4) is 0 Å². The minimum absolute atomic E-state index is 0.210. The second-order valence-corrected chi connectivity index (χ2v) is 8.00. The number of nitrogens with zero attached hydrogens (tertiary/aromatic N) is 3. The minimum Gasteiger partial charge on any atom is -0.393 e.